The number of nitrogens with zero attached hydrogens (tertiary/aromatic N) is 2. The second kappa shape index (κ2) is 9.07. The van der Waals surface area contributed by atoms with Gasteiger partial charge >= 0.3 is 0 Å². The van der Waals surface area contributed by atoms with E-state index in [0.29, 0.717) is 12.2 Å². The smallest absolute Gasteiger partial charge is 0.248 e. The summed E-state index contributed by atoms with van der Waals surface area (Å²) in [5.41, 5.74) is 1.84. The molecule has 0 spiro atoms. The molecule has 2 heterocycles. The van der Waals surface area contributed by atoms with Crippen LogP contribution in [0.5, 0.6) is 0 Å². The average Bonchev–Trinajstić information content (AvgIpc) is 3.21. The van der Waals surface area contributed by atoms with E-state index in [2.05, 4.69) is 10.2 Å². The van der Waals surface area contributed by atoms with Gasteiger partial charge in [-0.1, -0.05) is 6.92 Å². The van der Waals surface area contributed by atoms with Crippen LogP contribution in [0.2, 0.25) is 0 Å². The first-order valence-electron chi connectivity index (χ1n) is 9.31. The maximum absolute atomic E-state index is 12.0. The lowest BCUT2D eigenvalue weighted by Gasteiger charge is -2.36. The van der Waals surface area contributed by atoms with Crippen molar-refractivity contribution >= 4 is 29.3 Å². The van der Waals surface area contributed by atoms with Crippen molar-refractivity contribution in [2.45, 2.75) is 19.8 Å². The molecule has 0 radical (unpaired) electrons. The monoisotopic (exact) mass is 367 g/mol. The first-order chi connectivity index (χ1) is 13.2. The fourth-order valence-corrected chi connectivity index (χ4v) is 3.07. The Labute approximate surface area is 159 Å². The fraction of sp³-hybridized carbons (Fsp3) is 0.333. The maximum Gasteiger partial charge on any atom is 0.248 e. The summed E-state index contributed by atoms with van der Waals surface area (Å²) in [5, 5.41) is 2.83. The zero-order valence-corrected chi connectivity index (χ0v) is 15.6. The number of furan rings is 1. The van der Waals surface area contributed by atoms with E-state index in [4.69, 9.17) is 4.42 Å². The summed E-state index contributed by atoms with van der Waals surface area (Å²) in [6.45, 7) is 5.20. The summed E-state index contributed by atoms with van der Waals surface area (Å²) in [7, 11) is 0. The first kappa shape index (κ1) is 18.8. The third kappa shape index (κ3) is 5.23. The number of amides is 2. The summed E-state index contributed by atoms with van der Waals surface area (Å²) in [6.07, 6.45) is 6.16. The molecule has 1 N–H and O–H groups in total. The van der Waals surface area contributed by atoms with Gasteiger partial charge in [-0.2, -0.15) is 0 Å². The van der Waals surface area contributed by atoms with E-state index in [0.717, 1.165) is 44.0 Å². The third-order valence-corrected chi connectivity index (χ3v) is 4.54. The minimum atomic E-state index is -0.206. The zero-order chi connectivity index (χ0) is 19.1. The van der Waals surface area contributed by atoms with Gasteiger partial charge in [0.15, 0.2) is 0 Å². The second-order valence-electron chi connectivity index (χ2n) is 6.50. The number of carbonyl (C=O) groups is 2. The van der Waals surface area contributed by atoms with Gasteiger partial charge in [-0.15, -0.1) is 0 Å². The van der Waals surface area contributed by atoms with Crippen molar-refractivity contribution in [2.75, 3.05) is 36.4 Å². The van der Waals surface area contributed by atoms with Gasteiger partial charge in [0.25, 0.3) is 0 Å². The van der Waals surface area contributed by atoms with Crippen LogP contribution < -0.4 is 10.2 Å². The van der Waals surface area contributed by atoms with Crippen LogP contribution >= 0.6 is 0 Å². The molecular formula is C21H25N3O3. The van der Waals surface area contributed by atoms with Crippen molar-refractivity contribution in [3.63, 3.8) is 0 Å². The van der Waals surface area contributed by atoms with Crippen LogP contribution in [0.1, 0.15) is 25.5 Å². The number of nitrogens with one attached hydrogen (secondary N) is 1. The lowest BCUT2D eigenvalue weighted by Crippen LogP contribution is -2.48. The quantitative estimate of drug-likeness (QED) is 0.795. The lowest BCUT2D eigenvalue weighted by atomic mass is 10.2. The molecule has 6 nitrogen and oxygen atoms in total. The molecule has 0 aliphatic carbocycles. The molecule has 2 aromatic rings. The molecule has 0 saturated carbocycles. The van der Waals surface area contributed by atoms with E-state index >= 15 is 0 Å². The van der Waals surface area contributed by atoms with E-state index in [-0.39, 0.29) is 11.8 Å². The first-order valence-corrected chi connectivity index (χ1v) is 9.31. The van der Waals surface area contributed by atoms with Gasteiger partial charge in [0.2, 0.25) is 11.8 Å². The number of hydrogen-bond acceptors (Lipinski definition) is 4. The summed E-state index contributed by atoms with van der Waals surface area (Å²) in [6, 6.07) is 11.3. The minimum Gasteiger partial charge on any atom is -0.465 e. The van der Waals surface area contributed by atoms with Crippen molar-refractivity contribution in [3.05, 3.63) is 54.5 Å². The molecule has 6 heteroatoms. The number of carbonyl (C=O) groups excluding carboxylic acids is 2. The molecule has 1 aliphatic rings. The highest BCUT2D eigenvalue weighted by Gasteiger charge is 2.20. The summed E-state index contributed by atoms with van der Waals surface area (Å²) >= 11 is 0. The maximum atomic E-state index is 12.0. The molecule has 0 bridgehead atoms. The second-order valence-corrected chi connectivity index (χ2v) is 6.50. The molecule has 1 saturated heterocycles. The number of rotatable bonds is 6. The Hall–Kier alpha value is -3.02. The topological polar surface area (TPSA) is 65.8 Å². The molecule has 27 heavy (non-hydrogen) atoms. The largest absolute Gasteiger partial charge is 0.465 e. The number of benzene rings is 1. The Morgan fingerprint density at radius 2 is 1.85 bits per heavy atom. The average molecular weight is 367 g/mol. The van der Waals surface area contributed by atoms with Gasteiger partial charge in [-0.3, -0.25) is 9.59 Å². The summed E-state index contributed by atoms with van der Waals surface area (Å²) in [4.78, 5) is 28.1. The van der Waals surface area contributed by atoms with Gasteiger partial charge in [0.05, 0.1) is 6.26 Å². The molecule has 2 amide bonds. The minimum absolute atomic E-state index is 0.206. The van der Waals surface area contributed by atoms with Gasteiger partial charge in [0.1, 0.15) is 5.76 Å². The highest BCUT2D eigenvalue weighted by Crippen LogP contribution is 2.20. The normalized spacial score (nSPS) is 14.6. The Bertz CT molecular complexity index is 774. The van der Waals surface area contributed by atoms with E-state index in [9.17, 15) is 9.59 Å². The molecule has 1 fully saturated rings. The van der Waals surface area contributed by atoms with Crippen LogP contribution in [0.15, 0.2) is 53.2 Å². The Balaban J connectivity index is 1.50. The standard InChI is InChI=1S/C21H25N3O3/c1-2-4-21(26)24-14-12-23(13-15-24)18-8-6-17(7-9-18)22-20(25)11-10-19-5-3-16-27-19/h3,5-11,16H,2,4,12-15H2,1H3,(H,22,25). The third-order valence-electron chi connectivity index (χ3n) is 4.54. The zero-order valence-electron chi connectivity index (χ0n) is 15.6. The SMILES string of the molecule is CCCC(=O)N1CCN(c2ccc(NC(=O)C=Cc3ccco3)cc2)CC1. The molecule has 1 aromatic carbocycles. The number of hydrogen-bond donors (Lipinski definition) is 1. The molecule has 0 unspecified atom stereocenters. The van der Waals surface area contributed by atoms with Gasteiger partial charge < -0.3 is 19.5 Å². The van der Waals surface area contributed by atoms with Crippen LogP contribution in [0.25, 0.3) is 6.08 Å². The van der Waals surface area contributed by atoms with E-state index < -0.39 is 0 Å². The molecule has 142 valence electrons. The van der Waals surface area contributed by atoms with Crippen LogP contribution in [-0.4, -0.2) is 42.9 Å². The van der Waals surface area contributed by atoms with E-state index in [1.54, 1.807) is 24.5 Å². The van der Waals surface area contributed by atoms with Crippen LogP contribution in [-0.2, 0) is 9.59 Å². The van der Waals surface area contributed by atoms with Crippen LogP contribution in [0, 0.1) is 0 Å². The van der Waals surface area contributed by atoms with Gasteiger partial charge in [-0.25, -0.2) is 0 Å². The molecule has 1 aliphatic heterocycles. The fourth-order valence-electron chi connectivity index (χ4n) is 3.07. The highest BCUT2D eigenvalue weighted by molar-refractivity contribution is 6.01. The summed E-state index contributed by atoms with van der Waals surface area (Å²) in [5.74, 6) is 0.678. The van der Waals surface area contributed by atoms with E-state index in [1.807, 2.05) is 36.1 Å². The van der Waals surface area contributed by atoms with Crippen molar-refractivity contribution < 1.29 is 14.0 Å². The Kier molecular flexibility index (Phi) is 6.30. The van der Waals surface area contributed by atoms with Gasteiger partial charge in [-0.05, 0) is 48.9 Å². The number of anilines is 2. The van der Waals surface area contributed by atoms with Crippen LogP contribution in [0.3, 0.4) is 0 Å². The Morgan fingerprint density at radius 3 is 2.48 bits per heavy atom. The summed E-state index contributed by atoms with van der Waals surface area (Å²) < 4.78 is 5.16. The van der Waals surface area contributed by atoms with Crippen LogP contribution in [0.4, 0.5) is 11.4 Å². The molecule has 3 rings (SSSR count). The number of piperazine rings is 1. The van der Waals surface area contributed by atoms with Crippen molar-refractivity contribution in [1.82, 2.24) is 4.90 Å². The van der Waals surface area contributed by atoms with Crippen molar-refractivity contribution in [3.8, 4) is 0 Å². The van der Waals surface area contributed by atoms with Crippen molar-refractivity contribution in [2.24, 2.45) is 0 Å². The molecule has 1 aromatic heterocycles. The van der Waals surface area contributed by atoms with E-state index in [1.165, 1.54) is 6.08 Å². The highest BCUT2D eigenvalue weighted by atomic mass is 16.3. The predicted octanol–water partition coefficient (Wildman–Crippen LogP) is 3.38. The van der Waals surface area contributed by atoms with Gasteiger partial charge in [0, 0.05) is 50.1 Å². The van der Waals surface area contributed by atoms with Crippen molar-refractivity contribution in [1.29, 1.82) is 0 Å². The molecular weight excluding hydrogens is 342 g/mol. The molecule has 0 atom stereocenters. The predicted molar refractivity (Wildman–Crippen MR) is 107 cm³/mol. The Morgan fingerprint density at radius 1 is 1.11 bits per heavy atom. The lowest BCUT2D eigenvalue weighted by molar-refractivity contribution is -0.131.